The number of carbonyl (C=O) groups excluding carboxylic acids is 1. The third kappa shape index (κ3) is 3.63. The standard InChI is InChI=1S/C13H18F3N5O2/c1-8-17-11(19-18-8)10-6-20(4-5-23-10)9-2-3-21(12(9)22)7-13(14,15)16/h9-10H,2-7H2,1H3,(H,17,18,19)/t9-,10-/m0/s1. The van der Waals surface area contributed by atoms with Crippen LogP contribution in [0.3, 0.4) is 0 Å². The van der Waals surface area contributed by atoms with Crippen LogP contribution in [0.2, 0.25) is 0 Å². The molecular weight excluding hydrogens is 315 g/mol. The van der Waals surface area contributed by atoms with E-state index in [1.807, 2.05) is 4.90 Å². The van der Waals surface area contributed by atoms with Crippen LogP contribution in [0, 0.1) is 6.92 Å². The Morgan fingerprint density at radius 2 is 2.17 bits per heavy atom. The van der Waals surface area contributed by atoms with Gasteiger partial charge >= 0.3 is 6.18 Å². The van der Waals surface area contributed by atoms with Crippen LogP contribution in [-0.4, -0.2) is 75.9 Å². The quantitative estimate of drug-likeness (QED) is 0.879. The Hall–Kier alpha value is -1.68. The summed E-state index contributed by atoms with van der Waals surface area (Å²) in [5, 5.41) is 6.78. The number of aromatic nitrogens is 3. The summed E-state index contributed by atoms with van der Waals surface area (Å²) in [6, 6.07) is -0.524. The molecule has 10 heteroatoms. The first-order valence-electron chi connectivity index (χ1n) is 7.43. The molecule has 1 aromatic rings. The summed E-state index contributed by atoms with van der Waals surface area (Å²) in [6.07, 6.45) is -4.35. The lowest BCUT2D eigenvalue weighted by Gasteiger charge is -2.34. The molecule has 0 bridgehead atoms. The van der Waals surface area contributed by atoms with E-state index in [1.165, 1.54) is 0 Å². The second kappa shape index (κ2) is 6.08. The Balaban J connectivity index is 1.64. The maximum absolute atomic E-state index is 12.5. The Kier molecular flexibility index (Phi) is 4.28. The number of morpholine rings is 1. The molecule has 0 saturated carbocycles. The summed E-state index contributed by atoms with van der Waals surface area (Å²) in [5.74, 6) is 0.702. The Bertz CT molecular complexity index is 576. The third-order valence-corrected chi connectivity index (χ3v) is 4.08. The zero-order valence-electron chi connectivity index (χ0n) is 12.6. The number of rotatable bonds is 3. The van der Waals surface area contributed by atoms with Crippen molar-refractivity contribution >= 4 is 5.91 Å². The molecule has 1 amide bonds. The number of likely N-dealkylation sites (tertiary alicyclic amines) is 1. The van der Waals surface area contributed by atoms with Crippen molar-refractivity contribution in [2.75, 3.05) is 32.8 Å². The predicted octanol–water partition coefficient (Wildman–Crippen LogP) is 0.650. The molecule has 2 atom stereocenters. The molecule has 0 unspecified atom stereocenters. The third-order valence-electron chi connectivity index (χ3n) is 4.08. The average molecular weight is 333 g/mol. The van der Waals surface area contributed by atoms with Gasteiger partial charge < -0.3 is 9.64 Å². The fraction of sp³-hybridized carbons (Fsp3) is 0.769. The number of carbonyl (C=O) groups is 1. The van der Waals surface area contributed by atoms with E-state index >= 15 is 0 Å². The van der Waals surface area contributed by atoms with Crippen LogP contribution < -0.4 is 0 Å². The van der Waals surface area contributed by atoms with Gasteiger partial charge in [0.2, 0.25) is 5.91 Å². The highest BCUT2D eigenvalue weighted by molar-refractivity contribution is 5.84. The van der Waals surface area contributed by atoms with Gasteiger partial charge in [0.1, 0.15) is 18.5 Å². The number of alkyl halides is 3. The monoisotopic (exact) mass is 333 g/mol. The molecule has 2 aliphatic rings. The molecule has 0 aromatic carbocycles. The summed E-state index contributed by atoms with van der Waals surface area (Å²) in [7, 11) is 0. The number of H-pyrrole nitrogens is 1. The minimum absolute atomic E-state index is 0.130. The number of amides is 1. The first-order chi connectivity index (χ1) is 10.8. The van der Waals surface area contributed by atoms with Crippen molar-refractivity contribution in [2.45, 2.75) is 31.7 Å². The Morgan fingerprint density at radius 3 is 2.83 bits per heavy atom. The van der Waals surface area contributed by atoms with E-state index in [1.54, 1.807) is 6.92 Å². The number of aromatic amines is 1. The van der Waals surface area contributed by atoms with Crippen LogP contribution in [0.5, 0.6) is 0 Å². The predicted molar refractivity (Wildman–Crippen MR) is 72.4 cm³/mol. The number of hydrogen-bond acceptors (Lipinski definition) is 5. The largest absolute Gasteiger partial charge is 0.406 e. The van der Waals surface area contributed by atoms with Crippen LogP contribution in [0.1, 0.15) is 24.2 Å². The highest BCUT2D eigenvalue weighted by atomic mass is 19.4. The van der Waals surface area contributed by atoms with Gasteiger partial charge in [0, 0.05) is 19.6 Å². The van der Waals surface area contributed by atoms with Crippen LogP contribution in [0.4, 0.5) is 13.2 Å². The molecule has 2 saturated heterocycles. The molecular formula is C13H18F3N5O2. The number of nitrogens with zero attached hydrogens (tertiary/aromatic N) is 4. The van der Waals surface area contributed by atoms with Gasteiger partial charge in [-0.1, -0.05) is 0 Å². The zero-order valence-corrected chi connectivity index (χ0v) is 12.6. The number of ether oxygens (including phenoxy) is 1. The summed E-state index contributed by atoms with van der Waals surface area (Å²) in [6.45, 7) is 2.01. The molecule has 3 heterocycles. The lowest BCUT2D eigenvalue weighted by molar-refractivity contribution is -0.160. The van der Waals surface area contributed by atoms with Gasteiger partial charge in [-0.15, -0.1) is 0 Å². The SMILES string of the molecule is Cc1nc([C@@H]2CN([C@H]3CCN(CC(F)(F)F)C3=O)CCO2)n[nH]1. The molecule has 2 fully saturated rings. The average Bonchev–Trinajstić information content (AvgIpc) is 3.05. The van der Waals surface area contributed by atoms with Gasteiger partial charge in [-0.25, -0.2) is 4.98 Å². The summed E-state index contributed by atoms with van der Waals surface area (Å²) < 4.78 is 43.1. The number of nitrogens with one attached hydrogen (secondary N) is 1. The van der Waals surface area contributed by atoms with E-state index in [9.17, 15) is 18.0 Å². The highest BCUT2D eigenvalue weighted by Crippen LogP contribution is 2.27. The molecule has 128 valence electrons. The summed E-state index contributed by atoms with van der Waals surface area (Å²) in [4.78, 5) is 19.2. The van der Waals surface area contributed by atoms with Crippen molar-refractivity contribution in [3.05, 3.63) is 11.6 Å². The van der Waals surface area contributed by atoms with E-state index in [4.69, 9.17) is 4.74 Å². The van der Waals surface area contributed by atoms with Crippen molar-refractivity contribution in [3.8, 4) is 0 Å². The minimum atomic E-state index is -4.37. The van der Waals surface area contributed by atoms with Gasteiger partial charge in [0.05, 0.1) is 12.6 Å². The first-order valence-corrected chi connectivity index (χ1v) is 7.43. The van der Waals surface area contributed by atoms with Gasteiger partial charge in [0.15, 0.2) is 5.82 Å². The first kappa shape index (κ1) is 16.2. The van der Waals surface area contributed by atoms with Gasteiger partial charge in [-0.3, -0.25) is 14.8 Å². The van der Waals surface area contributed by atoms with Crippen LogP contribution in [-0.2, 0) is 9.53 Å². The normalized spacial score (nSPS) is 27.0. The van der Waals surface area contributed by atoms with Gasteiger partial charge in [-0.2, -0.15) is 18.3 Å². The maximum Gasteiger partial charge on any atom is 0.406 e. The molecule has 23 heavy (non-hydrogen) atoms. The maximum atomic E-state index is 12.5. The van der Waals surface area contributed by atoms with Crippen molar-refractivity contribution in [1.29, 1.82) is 0 Å². The summed E-state index contributed by atoms with van der Waals surface area (Å²) in [5.41, 5.74) is 0. The second-order valence-electron chi connectivity index (χ2n) is 5.81. The van der Waals surface area contributed by atoms with E-state index < -0.39 is 24.7 Å². The molecule has 0 radical (unpaired) electrons. The Morgan fingerprint density at radius 1 is 1.39 bits per heavy atom. The van der Waals surface area contributed by atoms with Crippen molar-refractivity contribution in [1.82, 2.24) is 25.0 Å². The molecule has 0 spiro atoms. The fourth-order valence-electron chi connectivity index (χ4n) is 3.05. The molecule has 1 N–H and O–H groups in total. The molecule has 1 aromatic heterocycles. The smallest absolute Gasteiger partial charge is 0.367 e. The van der Waals surface area contributed by atoms with Crippen LogP contribution >= 0.6 is 0 Å². The van der Waals surface area contributed by atoms with Crippen molar-refractivity contribution < 1.29 is 22.7 Å². The molecule has 0 aliphatic carbocycles. The van der Waals surface area contributed by atoms with E-state index in [-0.39, 0.29) is 12.6 Å². The molecule has 3 rings (SSSR count). The topological polar surface area (TPSA) is 74.3 Å². The van der Waals surface area contributed by atoms with Crippen LogP contribution in [0.25, 0.3) is 0 Å². The van der Waals surface area contributed by atoms with E-state index in [2.05, 4.69) is 15.2 Å². The number of halogens is 3. The molecule has 7 nitrogen and oxygen atoms in total. The van der Waals surface area contributed by atoms with E-state index in [0.717, 1.165) is 4.90 Å². The van der Waals surface area contributed by atoms with Crippen LogP contribution in [0.15, 0.2) is 0 Å². The fourth-order valence-corrected chi connectivity index (χ4v) is 3.05. The Labute approximate surface area is 130 Å². The number of hydrogen-bond donors (Lipinski definition) is 1. The zero-order chi connectivity index (χ0) is 16.6. The van der Waals surface area contributed by atoms with Crippen molar-refractivity contribution in [3.63, 3.8) is 0 Å². The second-order valence-corrected chi connectivity index (χ2v) is 5.81. The van der Waals surface area contributed by atoms with E-state index in [0.29, 0.717) is 37.8 Å². The van der Waals surface area contributed by atoms with Gasteiger partial charge in [0.25, 0.3) is 0 Å². The van der Waals surface area contributed by atoms with Gasteiger partial charge in [-0.05, 0) is 13.3 Å². The number of aryl methyl sites for hydroxylation is 1. The lowest BCUT2D eigenvalue weighted by atomic mass is 10.1. The highest BCUT2D eigenvalue weighted by Gasteiger charge is 2.42. The summed E-state index contributed by atoms with van der Waals surface area (Å²) >= 11 is 0. The lowest BCUT2D eigenvalue weighted by Crippen LogP contribution is -2.49. The van der Waals surface area contributed by atoms with Crippen molar-refractivity contribution in [2.24, 2.45) is 0 Å². The molecule has 2 aliphatic heterocycles. The minimum Gasteiger partial charge on any atom is -0.367 e.